The zero-order valence-corrected chi connectivity index (χ0v) is 17.7. The minimum Gasteiger partial charge on any atom is -0.401 e. The molecule has 6 heteroatoms. The molecule has 144 valence electrons. The van der Waals surface area contributed by atoms with Gasteiger partial charge in [0.25, 0.3) is 0 Å². The topological polar surface area (TPSA) is 64.2 Å². The Bertz CT molecular complexity index is 836. The molecular weight excluding hydrogens is 404 g/mol. The number of likely N-dealkylation sites (N-methyl/N-ethyl adjacent to an activating group) is 1. The van der Waals surface area contributed by atoms with Crippen molar-refractivity contribution in [2.24, 2.45) is 11.7 Å². The van der Waals surface area contributed by atoms with Gasteiger partial charge >= 0.3 is 0 Å². The fraction of sp³-hybridized carbons (Fsp3) is 0.429. The second-order valence-electron chi connectivity index (χ2n) is 7.74. The number of hydrogen-bond acceptors (Lipinski definition) is 4. The van der Waals surface area contributed by atoms with E-state index in [2.05, 4.69) is 45.0 Å². The Morgan fingerprint density at radius 2 is 2.04 bits per heavy atom. The molecule has 0 aliphatic heterocycles. The molecule has 0 amide bonds. The monoisotopic (exact) mass is 430 g/mol. The summed E-state index contributed by atoms with van der Waals surface area (Å²) >= 11 is 3.48. The van der Waals surface area contributed by atoms with E-state index in [-0.39, 0.29) is 11.2 Å². The predicted molar refractivity (Wildman–Crippen MR) is 112 cm³/mol. The number of allylic oxidation sites excluding steroid dienone is 2. The van der Waals surface area contributed by atoms with Crippen LogP contribution in [-0.2, 0) is 12.0 Å². The van der Waals surface area contributed by atoms with Crippen LogP contribution in [0.4, 0.5) is 0 Å². The lowest BCUT2D eigenvalue weighted by Crippen LogP contribution is -2.32. The first-order valence-corrected chi connectivity index (χ1v) is 10.0. The summed E-state index contributed by atoms with van der Waals surface area (Å²) in [5.74, 6) is 0.387. The lowest BCUT2D eigenvalue weighted by atomic mass is 9.74. The molecular formula is C21H27BrN4O. The summed E-state index contributed by atoms with van der Waals surface area (Å²) in [7, 11) is 4.03. The SMILES string of the molecule is CN(C)CCn1cc(C(=O)/C=C(\N)C(C)(c2ccc(Br)cc2)C2CC2)cn1. The van der Waals surface area contributed by atoms with Crippen LogP contribution in [-0.4, -0.2) is 41.1 Å². The van der Waals surface area contributed by atoms with Crippen molar-refractivity contribution in [1.82, 2.24) is 14.7 Å². The Morgan fingerprint density at radius 1 is 1.37 bits per heavy atom. The van der Waals surface area contributed by atoms with E-state index < -0.39 is 0 Å². The molecule has 1 aliphatic carbocycles. The van der Waals surface area contributed by atoms with Crippen molar-refractivity contribution in [2.45, 2.75) is 31.7 Å². The first-order valence-electron chi connectivity index (χ1n) is 9.26. The standard InChI is InChI=1S/C21H27BrN4O/c1-21(16-4-5-16,17-6-8-18(22)9-7-17)20(23)12-19(27)15-13-24-26(14-15)11-10-25(2)3/h6-9,12-14,16H,4-5,10-11,23H2,1-3H3/b20-12-. The van der Waals surface area contributed by atoms with Crippen molar-refractivity contribution >= 4 is 21.7 Å². The Hall–Kier alpha value is -1.92. The summed E-state index contributed by atoms with van der Waals surface area (Å²) in [6.45, 7) is 3.77. The highest BCUT2D eigenvalue weighted by Crippen LogP contribution is 2.50. The number of rotatable bonds is 8. The van der Waals surface area contributed by atoms with Crippen LogP contribution < -0.4 is 5.73 Å². The molecule has 1 heterocycles. The van der Waals surface area contributed by atoms with Gasteiger partial charge in [-0.2, -0.15) is 5.10 Å². The molecule has 1 saturated carbocycles. The average Bonchev–Trinajstić information content (AvgIpc) is 3.38. The fourth-order valence-corrected chi connectivity index (χ4v) is 3.65. The normalized spacial score (nSPS) is 17.1. The summed E-state index contributed by atoms with van der Waals surface area (Å²) in [5.41, 5.74) is 8.53. The number of benzene rings is 1. The molecule has 2 aromatic rings. The molecule has 1 atom stereocenters. The van der Waals surface area contributed by atoms with Crippen LogP contribution in [0.2, 0.25) is 0 Å². The van der Waals surface area contributed by atoms with Gasteiger partial charge in [0.1, 0.15) is 0 Å². The maximum absolute atomic E-state index is 12.8. The summed E-state index contributed by atoms with van der Waals surface area (Å²) in [6.07, 6.45) is 7.28. The van der Waals surface area contributed by atoms with Gasteiger partial charge in [-0.15, -0.1) is 0 Å². The average molecular weight is 431 g/mol. The molecule has 1 aromatic carbocycles. The second kappa shape index (κ2) is 7.98. The Balaban J connectivity index is 1.81. The molecule has 3 rings (SSSR count). The molecule has 1 aromatic heterocycles. The number of carbonyl (C=O) groups excluding carboxylic acids is 1. The smallest absolute Gasteiger partial charge is 0.190 e. The van der Waals surface area contributed by atoms with Gasteiger partial charge in [0.15, 0.2) is 5.78 Å². The highest BCUT2D eigenvalue weighted by Gasteiger charge is 2.44. The Kier molecular flexibility index (Phi) is 5.86. The van der Waals surface area contributed by atoms with Crippen molar-refractivity contribution in [3.05, 3.63) is 64.0 Å². The lowest BCUT2D eigenvalue weighted by molar-refractivity contribution is 0.104. The molecule has 1 fully saturated rings. The van der Waals surface area contributed by atoms with Gasteiger partial charge in [-0.25, -0.2) is 0 Å². The van der Waals surface area contributed by atoms with Gasteiger partial charge < -0.3 is 10.6 Å². The third kappa shape index (κ3) is 4.50. The molecule has 27 heavy (non-hydrogen) atoms. The van der Waals surface area contributed by atoms with E-state index in [1.165, 1.54) is 0 Å². The lowest BCUT2D eigenvalue weighted by Gasteiger charge is -2.31. The van der Waals surface area contributed by atoms with Crippen molar-refractivity contribution in [3.63, 3.8) is 0 Å². The molecule has 0 spiro atoms. The second-order valence-corrected chi connectivity index (χ2v) is 8.66. The van der Waals surface area contributed by atoms with E-state index >= 15 is 0 Å². The first kappa shape index (κ1) is 19.8. The molecule has 2 N–H and O–H groups in total. The number of ketones is 1. The molecule has 1 unspecified atom stereocenters. The van der Waals surface area contributed by atoms with Gasteiger partial charge in [-0.1, -0.05) is 28.1 Å². The van der Waals surface area contributed by atoms with E-state index in [4.69, 9.17) is 5.73 Å². The maximum Gasteiger partial charge on any atom is 0.190 e. The maximum atomic E-state index is 12.8. The zero-order valence-electron chi connectivity index (χ0n) is 16.2. The van der Waals surface area contributed by atoms with Crippen molar-refractivity contribution in [2.75, 3.05) is 20.6 Å². The van der Waals surface area contributed by atoms with Gasteiger partial charge in [0.2, 0.25) is 0 Å². The van der Waals surface area contributed by atoms with Crippen LogP contribution in [0.25, 0.3) is 0 Å². The molecule has 0 bridgehead atoms. The molecule has 0 radical (unpaired) electrons. The zero-order chi connectivity index (χ0) is 19.6. The first-order chi connectivity index (χ1) is 12.8. The van der Waals surface area contributed by atoms with Crippen molar-refractivity contribution < 1.29 is 4.79 Å². The number of nitrogens with zero attached hydrogens (tertiary/aromatic N) is 3. The van der Waals surface area contributed by atoms with Crippen LogP contribution in [0.3, 0.4) is 0 Å². The number of carbonyl (C=O) groups is 1. The Morgan fingerprint density at radius 3 is 2.63 bits per heavy atom. The molecule has 5 nitrogen and oxygen atoms in total. The van der Waals surface area contributed by atoms with Gasteiger partial charge in [0, 0.05) is 34.4 Å². The molecule has 1 aliphatic rings. The summed E-state index contributed by atoms with van der Waals surface area (Å²) in [4.78, 5) is 14.8. The number of halogens is 1. The van der Waals surface area contributed by atoms with Crippen LogP contribution in [0, 0.1) is 5.92 Å². The van der Waals surface area contributed by atoms with E-state index in [0.29, 0.717) is 17.2 Å². The highest BCUT2D eigenvalue weighted by atomic mass is 79.9. The summed E-state index contributed by atoms with van der Waals surface area (Å²) < 4.78 is 2.83. The van der Waals surface area contributed by atoms with Crippen LogP contribution in [0.5, 0.6) is 0 Å². The van der Waals surface area contributed by atoms with E-state index in [1.54, 1.807) is 23.2 Å². The van der Waals surface area contributed by atoms with E-state index in [0.717, 1.165) is 36.0 Å². The van der Waals surface area contributed by atoms with Gasteiger partial charge in [0.05, 0.1) is 18.3 Å². The van der Waals surface area contributed by atoms with Crippen LogP contribution >= 0.6 is 15.9 Å². The quantitative estimate of drug-likeness (QED) is 0.513. The van der Waals surface area contributed by atoms with Crippen molar-refractivity contribution in [3.8, 4) is 0 Å². The third-order valence-electron chi connectivity index (χ3n) is 5.42. The summed E-state index contributed by atoms with van der Waals surface area (Å²) in [6, 6.07) is 8.24. The number of aromatic nitrogens is 2. The highest BCUT2D eigenvalue weighted by molar-refractivity contribution is 9.10. The molecule has 0 saturated heterocycles. The van der Waals surface area contributed by atoms with E-state index in [9.17, 15) is 4.79 Å². The minimum absolute atomic E-state index is 0.0902. The van der Waals surface area contributed by atoms with Gasteiger partial charge in [-0.3, -0.25) is 9.48 Å². The van der Waals surface area contributed by atoms with Crippen molar-refractivity contribution in [1.29, 1.82) is 0 Å². The largest absolute Gasteiger partial charge is 0.401 e. The van der Waals surface area contributed by atoms with Crippen LogP contribution in [0.1, 0.15) is 35.7 Å². The summed E-state index contributed by atoms with van der Waals surface area (Å²) in [5, 5.41) is 4.29. The number of nitrogens with two attached hydrogens (primary N) is 1. The predicted octanol–water partition coefficient (Wildman–Crippen LogP) is 3.60. The fourth-order valence-electron chi connectivity index (χ4n) is 3.38. The minimum atomic E-state index is -0.322. The third-order valence-corrected chi connectivity index (χ3v) is 5.95. The van der Waals surface area contributed by atoms with Crippen LogP contribution in [0.15, 0.2) is 52.9 Å². The Labute approximate surface area is 169 Å². The number of hydrogen-bond donors (Lipinski definition) is 1. The van der Waals surface area contributed by atoms with E-state index in [1.807, 2.05) is 26.2 Å². The van der Waals surface area contributed by atoms with Gasteiger partial charge in [-0.05, 0) is 57.5 Å².